The van der Waals surface area contributed by atoms with Gasteiger partial charge in [0.15, 0.2) is 0 Å². The largest absolute Gasteiger partial charge is 0.329 e. The van der Waals surface area contributed by atoms with Crippen LogP contribution in [0.1, 0.15) is 19.3 Å². The fraction of sp³-hybridized carbons (Fsp3) is 0.750. The smallest absolute Gasteiger partial charge is 0.324 e. The third kappa shape index (κ3) is 2.91. The molecule has 74 valence electrons. The summed E-state index contributed by atoms with van der Waals surface area (Å²) in [6.45, 7) is 0.698. The number of imide groups is 1. The van der Waals surface area contributed by atoms with Gasteiger partial charge >= 0.3 is 6.03 Å². The van der Waals surface area contributed by atoms with E-state index in [1.165, 1.54) is 4.90 Å². The quantitative estimate of drug-likeness (QED) is 0.390. The Morgan fingerprint density at radius 1 is 1.31 bits per heavy atom. The van der Waals surface area contributed by atoms with Gasteiger partial charge in [-0.3, -0.25) is 9.69 Å². The van der Waals surface area contributed by atoms with Crippen LogP contribution in [0.3, 0.4) is 0 Å². The van der Waals surface area contributed by atoms with Crippen LogP contribution in [0.5, 0.6) is 0 Å². The van der Waals surface area contributed by atoms with Crippen molar-refractivity contribution in [1.29, 1.82) is 0 Å². The number of hydrogen-bond acceptors (Lipinski definition) is 3. The van der Waals surface area contributed by atoms with Crippen LogP contribution in [0.15, 0.2) is 0 Å². The van der Waals surface area contributed by atoms with Crippen LogP contribution in [-0.4, -0.2) is 35.7 Å². The highest BCUT2D eigenvalue weighted by molar-refractivity contribution is 7.80. The van der Waals surface area contributed by atoms with Crippen molar-refractivity contribution < 1.29 is 9.59 Å². The molecule has 1 heterocycles. The number of carbonyl (C=O) groups excluding carboxylic acids is 2. The van der Waals surface area contributed by atoms with Crippen LogP contribution in [0.4, 0.5) is 4.79 Å². The molecule has 0 aliphatic carbocycles. The molecule has 1 N–H and O–H groups in total. The van der Waals surface area contributed by atoms with Gasteiger partial charge in [0.1, 0.15) is 0 Å². The van der Waals surface area contributed by atoms with Crippen LogP contribution in [0.2, 0.25) is 0 Å². The standard InChI is InChI=1S/C8H14N2O2S/c11-7-6-9-8(12)10(7)4-2-1-3-5-13/h13H,1-6H2,(H,9,12). The fourth-order valence-corrected chi connectivity index (χ4v) is 1.46. The third-order valence-electron chi connectivity index (χ3n) is 1.98. The van der Waals surface area contributed by atoms with Crippen LogP contribution in [0, 0.1) is 0 Å². The molecule has 0 radical (unpaired) electrons. The molecule has 0 unspecified atom stereocenters. The molecule has 0 atom stereocenters. The molecule has 3 amide bonds. The zero-order valence-corrected chi connectivity index (χ0v) is 8.35. The number of nitrogens with one attached hydrogen (secondary N) is 1. The van der Waals surface area contributed by atoms with Gasteiger partial charge in [-0.1, -0.05) is 6.42 Å². The molecule has 0 saturated carbocycles. The first kappa shape index (κ1) is 10.4. The summed E-state index contributed by atoms with van der Waals surface area (Å²) in [5.74, 6) is 0.746. The van der Waals surface area contributed by atoms with Crippen LogP contribution < -0.4 is 5.32 Å². The second kappa shape index (κ2) is 5.11. The Morgan fingerprint density at radius 3 is 2.62 bits per heavy atom. The van der Waals surface area contributed by atoms with Gasteiger partial charge in [0.2, 0.25) is 5.91 Å². The van der Waals surface area contributed by atoms with Crippen LogP contribution in [0.25, 0.3) is 0 Å². The van der Waals surface area contributed by atoms with Crippen molar-refractivity contribution in [3.8, 4) is 0 Å². The van der Waals surface area contributed by atoms with Gasteiger partial charge in [-0.05, 0) is 18.6 Å². The normalized spacial score (nSPS) is 16.5. The molecule has 1 saturated heterocycles. The minimum Gasteiger partial charge on any atom is -0.329 e. The highest BCUT2D eigenvalue weighted by Crippen LogP contribution is 2.03. The van der Waals surface area contributed by atoms with Crippen molar-refractivity contribution in [2.75, 3.05) is 18.8 Å². The van der Waals surface area contributed by atoms with E-state index >= 15 is 0 Å². The predicted octanol–water partition coefficient (Wildman–Crippen LogP) is 0.638. The van der Waals surface area contributed by atoms with E-state index in [4.69, 9.17) is 0 Å². The molecular weight excluding hydrogens is 188 g/mol. The molecule has 1 aliphatic rings. The number of nitrogens with zero attached hydrogens (tertiary/aromatic N) is 1. The maximum absolute atomic E-state index is 11.1. The number of rotatable bonds is 5. The minimum absolute atomic E-state index is 0.115. The molecule has 0 spiro atoms. The monoisotopic (exact) mass is 202 g/mol. The van der Waals surface area contributed by atoms with E-state index in [-0.39, 0.29) is 18.5 Å². The van der Waals surface area contributed by atoms with Crippen molar-refractivity contribution in [2.45, 2.75) is 19.3 Å². The molecule has 5 heteroatoms. The van der Waals surface area contributed by atoms with Crippen molar-refractivity contribution >= 4 is 24.6 Å². The van der Waals surface area contributed by atoms with Crippen molar-refractivity contribution in [3.05, 3.63) is 0 Å². The summed E-state index contributed by atoms with van der Waals surface area (Å²) in [7, 11) is 0. The van der Waals surface area contributed by atoms with Crippen LogP contribution in [-0.2, 0) is 4.79 Å². The Morgan fingerprint density at radius 2 is 2.08 bits per heavy atom. The summed E-state index contributed by atoms with van der Waals surface area (Å²) < 4.78 is 0. The van der Waals surface area contributed by atoms with Gasteiger partial charge in [0.05, 0.1) is 6.54 Å². The van der Waals surface area contributed by atoms with Gasteiger partial charge in [-0.25, -0.2) is 4.79 Å². The molecule has 1 rings (SSSR count). The number of unbranched alkanes of at least 4 members (excludes halogenated alkanes) is 2. The van der Waals surface area contributed by atoms with Crippen molar-refractivity contribution in [1.82, 2.24) is 10.2 Å². The topological polar surface area (TPSA) is 49.4 Å². The first-order valence-corrected chi connectivity index (χ1v) is 5.08. The lowest BCUT2D eigenvalue weighted by Crippen LogP contribution is -2.31. The minimum atomic E-state index is -0.254. The SMILES string of the molecule is O=C1CNC(=O)N1CCCCCS. The van der Waals surface area contributed by atoms with E-state index in [0.717, 1.165) is 25.0 Å². The van der Waals surface area contributed by atoms with E-state index < -0.39 is 0 Å². The molecule has 0 bridgehead atoms. The zero-order valence-electron chi connectivity index (χ0n) is 7.45. The lowest BCUT2D eigenvalue weighted by atomic mass is 10.2. The summed E-state index contributed by atoms with van der Waals surface area (Å²) in [6.07, 6.45) is 2.92. The van der Waals surface area contributed by atoms with E-state index in [0.29, 0.717) is 6.54 Å². The van der Waals surface area contributed by atoms with Gasteiger partial charge in [0.25, 0.3) is 0 Å². The lowest BCUT2D eigenvalue weighted by Gasteiger charge is -2.11. The van der Waals surface area contributed by atoms with Crippen molar-refractivity contribution in [2.24, 2.45) is 0 Å². The maximum atomic E-state index is 11.1. The average Bonchev–Trinajstić information content (AvgIpc) is 2.42. The van der Waals surface area contributed by atoms with E-state index in [9.17, 15) is 9.59 Å². The Bertz CT molecular complexity index is 192. The second-order valence-corrected chi connectivity index (χ2v) is 3.44. The summed E-state index contributed by atoms with van der Waals surface area (Å²) in [4.78, 5) is 23.4. The number of urea groups is 1. The van der Waals surface area contributed by atoms with Gasteiger partial charge in [0, 0.05) is 6.54 Å². The second-order valence-electron chi connectivity index (χ2n) is 2.99. The zero-order chi connectivity index (χ0) is 9.68. The Hall–Kier alpha value is -0.710. The lowest BCUT2D eigenvalue weighted by molar-refractivity contribution is -0.125. The molecule has 4 nitrogen and oxygen atoms in total. The molecule has 1 aliphatic heterocycles. The van der Waals surface area contributed by atoms with E-state index in [1.54, 1.807) is 0 Å². The number of thiol groups is 1. The van der Waals surface area contributed by atoms with E-state index in [2.05, 4.69) is 17.9 Å². The number of amides is 3. The van der Waals surface area contributed by atoms with Crippen LogP contribution >= 0.6 is 12.6 Å². The van der Waals surface area contributed by atoms with Gasteiger partial charge < -0.3 is 5.32 Å². The molecule has 13 heavy (non-hydrogen) atoms. The summed E-state index contributed by atoms with van der Waals surface area (Å²) >= 11 is 4.08. The Balaban J connectivity index is 2.20. The van der Waals surface area contributed by atoms with Crippen molar-refractivity contribution in [3.63, 3.8) is 0 Å². The Labute approximate surface area is 83.1 Å². The molecule has 0 aromatic carbocycles. The molecule has 1 fully saturated rings. The van der Waals surface area contributed by atoms with Gasteiger partial charge in [-0.2, -0.15) is 12.6 Å². The van der Waals surface area contributed by atoms with E-state index in [1.807, 2.05) is 0 Å². The predicted molar refractivity (Wildman–Crippen MR) is 52.8 cm³/mol. The highest BCUT2D eigenvalue weighted by Gasteiger charge is 2.27. The first-order valence-electron chi connectivity index (χ1n) is 4.45. The molecule has 0 aromatic rings. The summed E-state index contributed by atoms with van der Waals surface area (Å²) in [6, 6.07) is -0.254. The highest BCUT2D eigenvalue weighted by atomic mass is 32.1. The maximum Gasteiger partial charge on any atom is 0.324 e. The third-order valence-corrected chi connectivity index (χ3v) is 2.29. The van der Waals surface area contributed by atoms with Gasteiger partial charge in [-0.15, -0.1) is 0 Å². The number of hydrogen-bond donors (Lipinski definition) is 2. The average molecular weight is 202 g/mol. The molecular formula is C8H14N2O2S. The Kier molecular flexibility index (Phi) is 4.08. The number of carbonyl (C=O) groups is 2. The molecule has 0 aromatic heterocycles. The fourth-order valence-electron chi connectivity index (χ4n) is 1.24. The summed E-state index contributed by atoms with van der Waals surface area (Å²) in [5.41, 5.74) is 0. The first-order chi connectivity index (χ1) is 6.25. The summed E-state index contributed by atoms with van der Waals surface area (Å²) in [5, 5.41) is 2.48.